The Balaban J connectivity index is 4.66. The molecule has 166 valence electrons. The van der Waals surface area contributed by atoms with E-state index in [9.17, 15) is 5.11 Å². The van der Waals surface area contributed by atoms with Crippen LogP contribution < -0.4 is 0 Å². The molecular weight excluding hydrogens is 351 g/mol. The van der Waals surface area contributed by atoms with Gasteiger partial charge in [0.1, 0.15) is 0 Å². The van der Waals surface area contributed by atoms with Crippen molar-refractivity contribution in [2.75, 3.05) is 19.8 Å². The van der Waals surface area contributed by atoms with E-state index in [1.165, 1.54) is 0 Å². The molecule has 0 aromatic rings. The summed E-state index contributed by atoms with van der Waals surface area (Å²) in [6.45, 7) is 24.2. The summed E-state index contributed by atoms with van der Waals surface area (Å²) in [5, 5.41) is 9.41. The van der Waals surface area contributed by atoms with Crippen molar-refractivity contribution >= 4 is 7.85 Å². The second-order valence-corrected chi connectivity index (χ2v) is 11.0. The van der Waals surface area contributed by atoms with Gasteiger partial charge in [-0.1, -0.05) is 20.8 Å². The predicted molar refractivity (Wildman–Crippen MR) is 119 cm³/mol. The molecule has 0 aliphatic rings. The van der Waals surface area contributed by atoms with Crippen molar-refractivity contribution in [2.24, 2.45) is 5.41 Å². The van der Waals surface area contributed by atoms with Crippen LogP contribution in [-0.4, -0.2) is 55.7 Å². The lowest BCUT2D eigenvalue weighted by molar-refractivity contribution is -0.129. The number of hydrogen-bond donors (Lipinski definition) is 1. The fourth-order valence-electron chi connectivity index (χ4n) is 2.59. The third kappa shape index (κ3) is 9.60. The summed E-state index contributed by atoms with van der Waals surface area (Å²) in [7, 11) is 6.57. The van der Waals surface area contributed by atoms with Crippen LogP contribution in [-0.2, 0) is 14.2 Å². The van der Waals surface area contributed by atoms with Crippen LogP contribution >= 0.6 is 0 Å². The van der Waals surface area contributed by atoms with E-state index in [4.69, 9.17) is 22.1 Å². The maximum Gasteiger partial charge on any atom is 0.0782 e. The van der Waals surface area contributed by atoms with Crippen LogP contribution in [0.1, 0.15) is 95.4 Å². The second kappa shape index (κ2) is 10.3. The van der Waals surface area contributed by atoms with Crippen molar-refractivity contribution < 1.29 is 19.3 Å². The first-order valence-electron chi connectivity index (χ1n) is 10.7. The molecule has 28 heavy (non-hydrogen) atoms. The highest BCUT2D eigenvalue weighted by Gasteiger charge is 2.40. The Bertz CT molecular complexity index is 448. The summed E-state index contributed by atoms with van der Waals surface area (Å²) in [6.07, 6.45) is 2.41. The van der Waals surface area contributed by atoms with Crippen LogP contribution in [0, 0.1) is 5.41 Å². The van der Waals surface area contributed by atoms with Crippen molar-refractivity contribution in [3.05, 3.63) is 0 Å². The Morgan fingerprint density at radius 3 is 1.64 bits per heavy atom. The summed E-state index contributed by atoms with van der Waals surface area (Å²) in [5.41, 5.74) is -1.59. The molecule has 0 bridgehead atoms. The Hall–Kier alpha value is -0.0951. The molecule has 0 rings (SSSR count). The van der Waals surface area contributed by atoms with Gasteiger partial charge in [-0.3, -0.25) is 0 Å². The van der Waals surface area contributed by atoms with Gasteiger partial charge >= 0.3 is 0 Å². The Morgan fingerprint density at radius 2 is 1.18 bits per heavy atom. The predicted octanol–water partition coefficient (Wildman–Crippen LogP) is 5.32. The molecule has 0 spiro atoms. The van der Waals surface area contributed by atoms with E-state index >= 15 is 0 Å². The first kappa shape index (κ1) is 27.9. The van der Waals surface area contributed by atoms with Gasteiger partial charge in [-0.25, -0.2) is 0 Å². The van der Waals surface area contributed by atoms with Crippen LogP contribution in [0.2, 0.25) is 5.31 Å². The zero-order chi connectivity index (χ0) is 22.4. The number of rotatable bonds is 14. The van der Waals surface area contributed by atoms with Crippen LogP contribution in [0.15, 0.2) is 0 Å². The molecule has 5 heteroatoms. The maximum atomic E-state index is 9.90. The maximum absolute atomic E-state index is 9.90. The molecule has 1 N–H and O–H groups in total. The number of aliphatic hydroxyl groups is 1. The van der Waals surface area contributed by atoms with E-state index in [0.717, 1.165) is 12.8 Å². The standard InChI is InChI=1S/C23H47BO4/c1-18(2)26-15-14-23(11,24)22(9,10)28-16-12-19(3,4)21(7,8)27-17-13-20(5,6)25/h18,25H,12-17H2,1-11H3. The zero-order valence-corrected chi connectivity index (χ0v) is 20.6. The molecule has 1 unspecified atom stereocenters. The lowest BCUT2D eigenvalue weighted by Crippen LogP contribution is -2.45. The third-order valence-electron chi connectivity index (χ3n) is 6.44. The molecule has 0 aliphatic carbocycles. The average Bonchev–Trinajstić information content (AvgIpc) is 2.43. The van der Waals surface area contributed by atoms with E-state index in [2.05, 4.69) is 41.5 Å². The first-order chi connectivity index (χ1) is 12.3. The van der Waals surface area contributed by atoms with Crippen molar-refractivity contribution in [3.63, 3.8) is 0 Å². The summed E-state index contributed by atoms with van der Waals surface area (Å²) >= 11 is 0. The van der Waals surface area contributed by atoms with Crippen LogP contribution in [0.4, 0.5) is 0 Å². The lowest BCUT2D eigenvalue weighted by Gasteiger charge is -2.45. The molecule has 1 atom stereocenters. The van der Waals surface area contributed by atoms with Gasteiger partial charge in [-0.2, -0.15) is 0 Å². The Kier molecular flexibility index (Phi) is 10.2. The van der Waals surface area contributed by atoms with Crippen LogP contribution in [0.25, 0.3) is 0 Å². The van der Waals surface area contributed by atoms with E-state index in [-0.39, 0.29) is 17.1 Å². The molecule has 2 radical (unpaired) electrons. The fraction of sp³-hybridized carbons (Fsp3) is 1.00. The van der Waals surface area contributed by atoms with Crippen molar-refractivity contribution in [3.8, 4) is 0 Å². The van der Waals surface area contributed by atoms with Gasteiger partial charge in [0, 0.05) is 13.2 Å². The van der Waals surface area contributed by atoms with Gasteiger partial charge in [0.15, 0.2) is 0 Å². The molecule has 0 saturated heterocycles. The summed E-state index contributed by atoms with van der Waals surface area (Å²) < 4.78 is 18.1. The largest absolute Gasteiger partial charge is 0.390 e. The van der Waals surface area contributed by atoms with Gasteiger partial charge in [0.05, 0.1) is 37.4 Å². The molecular formula is C23H47BO4. The van der Waals surface area contributed by atoms with E-state index < -0.39 is 16.5 Å². The van der Waals surface area contributed by atoms with Crippen molar-refractivity contribution in [2.45, 2.75) is 124 Å². The summed E-state index contributed by atoms with van der Waals surface area (Å²) in [5.74, 6) is 0. The quantitative estimate of drug-likeness (QED) is 0.403. The Morgan fingerprint density at radius 1 is 0.714 bits per heavy atom. The minimum atomic E-state index is -0.710. The average molecular weight is 398 g/mol. The molecule has 0 saturated carbocycles. The van der Waals surface area contributed by atoms with Gasteiger partial charge in [0.25, 0.3) is 0 Å². The number of ether oxygens (including phenoxy) is 3. The molecule has 4 nitrogen and oxygen atoms in total. The van der Waals surface area contributed by atoms with Crippen molar-refractivity contribution in [1.82, 2.24) is 0 Å². The minimum Gasteiger partial charge on any atom is -0.390 e. The second-order valence-electron chi connectivity index (χ2n) is 11.0. The molecule has 0 aromatic carbocycles. The normalized spacial score (nSPS) is 16.5. The molecule has 0 heterocycles. The minimum absolute atomic E-state index is 0.0889. The summed E-state index contributed by atoms with van der Waals surface area (Å²) in [6, 6.07) is 0. The lowest BCUT2D eigenvalue weighted by atomic mass is 9.58. The van der Waals surface area contributed by atoms with Crippen LogP contribution in [0.5, 0.6) is 0 Å². The third-order valence-corrected chi connectivity index (χ3v) is 6.44. The molecule has 0 aliphatic heterocycles. The van der Waals surface area contributed by atoms with Gasteiger partial charge in [0.2, 0.25) is 0 Å². The van der Waals surface area contributed by atoms with Crippen molar-refractivity contribution in [1.29, 1.82) is 0 Å². The molecule has 0 amide bonds. The van der Waals surface area contributed by atoms with E-state index in [1.54, 1.807) is 13.8 Å². The SMILES string of the molecule is [B]C(C)(CCOC(C)C)C(C)(C)OCCC(C)(C)C(C)(C)OCCC(C)(C)O. The molecule has 0 fully saturated rings. The van der Waals surface area contributed by atoms with E-state index in [0.29, 0.717) is 26.2 Å². The van der Waals surface area contributed by atoms with Gasteiger partial charge in [-0.05, 0) is 85.4 Å². The first-order valence-corrected chi connectivity index (χ1v) is 10.7. The van der Waals surface area contributed by atoms with E-state index in [1.807, 2.05) is 20.8 Å². The smallest absolute Gasteiger partial charge is 0.0782 e. The topological polar surface area (TPSA) is 47.9 Å². The zero-order valence-electron chi connectivity index (χ0n) is 20.6. The molecule has 0 aromatic heterocycles. The summed E-state index contributed by atoms with van der Waals surface area (Å²) in [4.78, 5) is 0. The highest BCUT2D eigenvalue weighted by atomic mass is 16.5. The van der Waals surface area contributed by atoms with Gasteiger partial charge in [-0.15, -0.1) is 0 Å². The Labute approximate surface area is 176 Å². The number of hydrogen-bond acceptors (Lipinski definition) is 4. The van der Waals surface area contributed by atoms with Gasteiger partial charge < -0.3 is 19.3 Å². The fourth-order valence-corrected chi connectivity index (χ4v) is 2.59. The highest BCUT2D eigenvalue weighted by molar-refractivity contribution is 6.15. The monoisotopic (exact) mass is 398 g/mol. The van der Waals surface area contributed by atoms with Crippen LogP contribution in [0.3, 0.4) is 0 Å². The highest BCUT2D eigenvalue weighted by Crippen LogP contribution is 2.43.